The van der Waals surface area contributed by atoms with E-state index < -0.39 is 17.2 Å². The van der Waals surface area contributed by atoms with Gasteiger partial charge in [-0.15, -0.1) is 0 Å². The Balaban J connectivity index is 1.75. The summed E-state index contributed by atoms with van der Waals surface area (Å²) >= 11 is 7.27. The summed E-state index contributed by atoms with van der Waals surface area (Å²) in [4.78, 5) is 31.4. The smallest absolute Gasteiger partial charge is 0.266 e. The Morgan fingerprint density at radius 1 is 1.06 bits per heavy atom. The van der Waals surface area contributed by atoms with E-state index in [4.69, 9.17) is 11.6 Å². The van der Waals surface area contributed by atoms with E-state index in [1.165, 1.54) is 28.8 Å². The van der Waals surface area contributed by atoms with Crippen molar-refractivity contribution in [3.05, 3.63) is 98.8 Å². The molecule has 1 amide bonds. The van der Waals surface area contributed by atoms with E-state index in [1.54, 1.807) is 38.4 Å². The molecule has 1 aromatic heterocycles. The zero-order valence-electron chi connectivity index (χ0n) is 17.7. The number of carbonyl (C=O) groups is 1. The number of thioether (sulfide) groups is 1. The highest BCUT2D eigenvalue weighted by Crippen LogP contribution is 2.27. The fourth-order valence-electron chi connectivity index (χ4n) is 3.26. The van der Waals surface area contributed by atoms with Crippen molar-refractivity contribution >= 4 is 40.2 Å². The van der Waals surface area contributed by atoms with E-state index >= 15 is 0 Å². The highest BCUT2D eigenvalue weighted by atomic mass is 35.5. The molecule has 0 saturated carbocycles. The Morgan fingerprint density at radius 3 is 2.45 bits per heavy atom. The van der Waals surface area contributed by atoms with Gasteiger partial charge in [-0.05, 0) is 48.0 Å². The number of aromatic nitrogens is 2. The molecule has 5 nitrogen and oxygen atoms in total. The Labute approximate surface area is 197 Å². The summed E-state index contributed by atoms with van der Waals surface area (Å²) in [6, 6.07) is 14.8. The second-order valence-electron chi connectivity index (χ2n) is 7.48. The molecule has 4 aromatic rings. The van der Waals surface area contributed by atoms with Gasteiger partial charge in [0.25, 0.3) is 11.5 Å². The Bertz CT molecular complexity index is 1420. The highest BCUT2D eigenvalue weighted by molar-refractivity contribution is 7.98. The SMILES string of the molecule is CN(C)C(=O)c1ccc(CSc2nc3ccc(Cl)cc3c(=O)n2-c2ccc(F)cc2F)cc1. The zero-order valence-corrected chi connectivity index (χ0v) is 19.3. The van der Waals surface area contributed by atoms with Crippen LogP contribution in [0.1, 0.15) is 15.9 Å². The monoisotopic (exact) mass is 485 g/mol. The summed E-state index contributed by atoms with van der Waals surface area (Å²) in [6.45, 7) is 0. The summed E-state index contributed by atoms with van der Waals surface area (Å²) < 4.78 is 29.2. The molecule has 4 rings (SSSR count). The Kier molecular flexibility index (Phi) is 6.49. The average molecular weight is 486 g/mol. The van der Waals surface area contributed by atoms with Gasteiger partial charge in [-0.25, -0.2) is 13.8 Å². The van der Waals surface area contributed by atoms with Crippen LogP contribution in [0.15, 0.2) is 70.6 Å². The van der Waals surface area contributed by atoms with Gasteiger partial charge in [0.2, 0.25) is 0 Å². The van der Waals surface area contributed by atoms with Crippen molar-refractivity contribution in [2.45, 2.75) is 10.9 Å². The summed E-state index contributed by atoms with van der Waals surface area (Å²) in [7, 11) is 3.36. The van der Waals surface area contributed by atoms with Gasteiger partial charge >= 0.3 is 0 Å². The molecule has 0 aliphatic carbocycles. The van der Waals surface area contributed by atoms with Gasteiger partial charge in [0, 0.05) is 36.5 Å². The van der Waals surface area contributed by atoms with Crippen LogP contribution in [0.5, 0.6) is 0 Å². The van der Waals surface area contributed by atoms with E-state index in [0.717, 1.165) is 22.3 Å². The van der Waals surface area contributed by atoms with E-state index in [9.17, 15) is 18.4 Å². The van der Waals surface area contributed by atoms with E-state index in [2.05, 4.69) is 4.98 Å². The number of halogens is 3. The maximum absolute atomic E-state index is 14.6. The Morgan fingerprint density at radius 2 is 1.79 bits per heavy atom. The van der Waals surface area contributed by atoms with Crippen LogP contribution < -0.4 is 5.56 Å². The summed E-state index contributed by atoms with van der Waals surface area (Å²) in [5, 5.41) is 0.816. The molecule has 0 fully saturated rings. The normalized spacial score (nSPS) is 11.1. The highest BCUT2D eigenvalue weighted by Gasteiger charge is 2.17. The molecule has 0 aliphatic rings. The van der Waals surface area contributed by atoms with E-state index in [0.29, 0.717) is 21.9 Å². The van der Waals surface area contributed by atoms with Gasteiger partial charge in [0.15, 0.2) is 5.16 Å². The lowest BCUT2D eigenvalue weighted by atomic mass is 10.1. The fraction of sp³-hybridized carbons (Fsp3) is 0.125. The third-order valence-corrected chi connectivity index (χ3v) is 6.17. The van der Waals surface area contributed by atoms with E-state index in [1.807, 2.05) is 12.1 Å². The van der Waals surface area contributed by atoms with Crippen LogP contribution in [0.4, 0.5) is 8.78 Å². The molecule has 0 N–H and O–H groups in total. The third-order valence-electron chi connectivity index (χ3n) is 4.93. The van der Waals surface area contributed by atoms with Crippen molar-refractivity contribution < 1.29 is 13.6 Å². The van der Waals surface area contributed by atoms with Crippen LogP contribution in [0.3, 0.4) is 0 Å². The molecule has 9 heteroatoms. The summed E-state index contributed by atoms with van der Waals surface area (Å²) in [5.41, 5.74) is 1.23. The van der Waals surface area contributed by atoms with Crippen LogP contribution in [-0.4, -0.2) is 34.5 Å². The topological polar surface area (TPSA) is 55.2 Å². The number of nitrogens with zero attached hydrogens (tertiary/aromatic N) is 3. The molecule has 0 aliphatic heterocycles. The molecule has 33 heavy (non-hydrogen) atoms. The van der Waals surface area contributed by atoms with Gasteiger partial charge in [0.1, 0.15) is 11.6 Å². The van der Waals surface area contributed by atoms with Crippen molar-refractivity contribution in [2.24, 2.45) is 0 Å². The molecule has 3 aromatic carbocycles. The van der Waals surface area contributed by atoms with Crippen molar-refractivity contribution in [1.82, 2.24) is 14.5 Å². The van der Waals surface area contributed by atoms with Gasteiger partial charge in [-0.1, -0.05) is 35.5 Å². The maximum Gasteiger partial charge on any atom is 0.266 e. The van der Waals surface area contributed by atoms with Crippen molar-refractivity contribution in [2.75, 3.05) is 14.1 Å². The molecule has 0 saturated heterocycles. The number of rotatable bonds is 5. The first-order valence-corrected chi connectivity index (χ1v) is 11.2. The minimum Gasteiger partial charge on any atom is -0.345 e. The number of carbonyl (C=O) groups excluding carboxylic acids is 1. The number of fused-ring (bicyclic) bond motifs is 1. The molecule has 0 atom stereocenters. The minimum absolute atomic E-state index is 0.106. The maximum atomic E-state index is 14.6. The van der Waals surface area contributed by atoms with Crippen molar-refractivity contribution in [3.8, 4) is 5.69 Å². The van der Waals surface area contributed by atoms with Gasteiger partial charge in [-0.3, -0.25) is 14.2 Å². The average Bonchev–Trinajstić information content (AvgIpc) is 2.79. The predicted octanol–water partition coefficient (Wildman–Crippen LogP) is 5.31. The number of benzene rings is 3. The van der Waals surface area contributed by atoms with E-state index in [-0.39, 0.29) is 22.1 Å². The lowest BCUT2D eigenvalue weighted by molar-refractivity contribution is 0.0827. The Hall–Kier alpha value is -3.23. The molecule has 1 heterocycles. The third kappa shape index (κ3) is 4.77. The molecule has 0 spiro atoms. The number of hydrogen-bond acceptors (Lipinski definition) is 4. The lowest BCUT2D eigenvalue weighted by Crippen LogP contribution is -2.23. The molecule has 0 bridgehead atoms. The summed E-state index contributed by atoms with van der Waals surface area (Å²) in [6.07, 6.45) is 0. The van der Waals surface area contributed by atoms with Crippen LogP contribution >= 0.6 is 23.4 Å². The number of amides is 1. The number of hydrogen-bond donors (Lipinski definition) is 0. The first-order chi connectivity index (χ1) is 15.7. The van der Waals surface area contributed by atoms with Crippen LogP contribution in [0, 0.1) is 11.6 Å². The molecular formula is C24H18ClF2N3O2S. The van der Waals surface area contributed by atoms with Crippen molar-refractivity contribution in [1.29, 1.82) is 0 Å². The van der Waals surface area contributed by atoms with Crippen LogP contribution in [-0.2, 0) is 5.75 Å². The molecule has 0 radical (unpaired) electrons. The lowest BCUT2D eigenvalue weighted by Gasteiger charge is -2.14. The molecule has 0 unspecified atom stereocenters. The summed E-state index contributed by atoms with van der Waals surface area (Å²) in [5.74, 6) is -1.33. The van der Waals surface area contributed by atoms with Gasteiger partial charge in [-0.2, -0.15) is 0 Å². The van der Waals surface area contributed by atoms with Crippen LogP contribution in [0.25, 0.3) is 16.6 Å². The van der Waals surface area contributed by atoms with Crippen LogP contribution in [0.2, 0.25) is 5.02 Å². The first kappa shape index (κ1) is 22.9. The molecule has 168 valence electrons. The second kappa shape index (κ2) is 9.33. The minimum atomic E-state index is -0.881. The van der Waals surface area contributed by atoms with Crippen molar-refractivity contribution in [3.63, 3.8) is 0 Å². The van der Waals surface area contributed by atoms with Gasteiger partial charge in [0.05, 0.1) is 16.6 Å². The molecular weight excluding hydrogens is 468 g/mol. The zero-order chi connectivity index (χ0) is 23.7. The van der Waals surface area contributed by atoms with Gasteiger partial charge < -0.3 is 4.90 Å². The quantitative estimate of drug-likeness (QED) is 0.284. The standard InChI is InChI=1S/C24H18ClF2N3O2S/c1-29(2)22(31)15-5-3-14(4-6-15)13-33-24-28-20-9-7-16(25)11-18(20)23(32)30(24)21-10-8-17(26)12-19(21)27/h3-12H,13H2,1-2H3. The fourth-order valence-corrected chi connectivity index (χ4v) is 4.39. The second-order valence-corrected chi connectivity index (χ2v) is 8.86. The first-order valence-electron chi connectivity index (χ1n) is 9.86. The predicted molar refractivity (Wildman–Crippen MR) is 126 cm³/mol. The largest absolute Gasteiger partial charge is 0.345 e.